The van der Waals surface area contributed by atoms with Crippen LogP contribution in [0.3, 0.4) is 0 Å². The number of pyridine rings is 1. The van der Waals surface area contributed by atoms with Gasteiger partial charge >= 0.3 is 0 Å². The van der Waals surface area contributed by atoms with Crippen LogP contribution in [0.2, 0.25) is 0 Å². The summed E-state index contributed by atoms with van der Waals surface area (Å²) < 4.78 is 5.35. The van der Waals surface area contributed by atoms with Gasteiger partial charge in [-0.3, -0.25) is 14.7 Å². The molecule has 0 spiro atoms. The highest BCUT2D eigenvalue weighted by Crippen LogP contribution is 2.27. The van der Waals surface area contributed by atoms with Crippen molar-refractivity contribution < 1.29 is 9.53 Å². The van der Waals surface area contributed by atoms with Gasteiger partial charge in [0.1, 0.15) is 11.4 Å². The fourth-order valence-corrected chi connectivity index (χ4v) is 3.14. The Morgan fingerprint density at radius 2 is 2.08 bits per heavy atom. The average molecular weight is 325 g/mol. The zero-order valence-electron chi connectivity index (χ0n) is 13.9. The average Bonchev–Trinajstić information content (AvgIpc) is 3.17. The normalized spacial score (nSPS) is 15.9. The molecule has 1 aliphatic heterocycles. The van der Waals surface area contributed by atoms with Crippen LogP contribution in [0.1, 0.15) is 34.9 Å². The fraction of sp³-hybridized carbons (Fsp3) is 0.368. The van der Waals surface area contributed by atoms with Crippen LogP contribution >= 0.6 is 0 Å². The van der Waals surface area contributed by atoms with E-state index in [0.29, 0.717) is 12.2 Å². The molecule has 3 rings (SSSR count). The molecule has 1 saturated heterocycles. The Morgan fingerprint density at radius 1 is 1.25 bits per heavy atom. The van der Waals surface area contributed by atoms with Gasteiger partial charge in [-0.15, -0.1) is 0 Å². The van der Waals surface area contributed by atoms with E-state index >= 15 is 0 Å². The van der Waals surface area contributed by atoms with Crippen molar-refractivity contribution in [3.8, 4) is 5.75 Å². The largest absolute Gasteiger partial charge is 0.497 e. The molecule has 5 nitrogen and oxygen atoms in total. The van der Waals surface area contributed by atoms with Crippen molar-refractivity contribution in [3.63, 3.8) is 0 Å². The van der Waals surface area contributed by atoms with Crippen LogP contribution in [-0.4, -0.2) is 42.5 Å². The summed E-state index contributed by atoms with van der Waals surface area (Å²) in [4.78, 5) is 18.8. The monoisotopic (exact) mass is 325 g/mol. The van der Waals surface area contributed by atoms with Gasteiger partial charge in [0.2, 0.25) is 0 Å². The number of nitrogens with zero attached hydrogens (tertiary/aromatic N) is 2. The zero-order valence-corrected chi connectivity index (χ0v) is 13.9. The Hall–Kier alpha value is -2.40. The smallest absolute Gasteiger partial charge is 0.269 e. The Balaban J connectivity index is 1.74. The second-order valence-corrected chi connectivity index (χ2v) is 5.96. The lowest BCUT2D eigenvalue weighted by Crippen LogP contribution is -2.37. The van der Waals surface area contributed by atoms with Gasteiger partial charge in [-0.1, -0.05) is 18.2 Å². The number of carbonyl (C=O) groups is 1. The topological polar surface area (TPSA) is 54.5 Å². The number of nitrogens with one attached hydrogen (secondary N) is 1. The summed E-state index contributed by atoms with van der Waals surface area (Å²) in [7, 11) is 1.67. The van der Waals surface area contributed by atoms with E-state index in [1.807, 2.05) is 18.2 Å². The van der Waals surface area contributed by atoms with Crippen LogP contribution in [-0.2, 0) is 0 Å². The van der Waals surface area contributed by atoms with Crippen LogP contribution in [0.4, 0.5) is 0 Å². The Bertz CT molecular complexity index is 669. The molecule has 0 saturated carbocycles. The van der Waals surface area contributed by atoms with E-state index in [2.05, 4.69) is 27.3 Å². The first-order valence-corrected chi connectivity index (χ1v) is 8.35. The number of likely N-dealkylation sites (tertiary alicyclic amines) is 1. The molecule has 1 aromatic heterocycles. The molecule has 1 aromatic carbocycles. The molecule has 24 heavy (non-hydrogen) atoms. The third kappa shape index (κ3) is 3.92. The number of rotatable bonds is 6. The number of ether oxygens (including phenoxy) is 1. The lowest BCUT2D eigenvalue weighted by atomic mass is 10.0. The van der Waals surface area contributed by atoms with Crippen molar-refractivity contribution in [2.45, 2.75) is 18.9 Å². The number of aromatic nitrogens is 1. The van der Waals surface area contributed by atoms with E-state index in [1.165, 1.54) is 12.8 Å². The number of hydrogen-bond donors (Lipinski definition) is 1. The van der Waals surface area contributed by atoms with E-state index in [0.717, 1.165) is 24.4 Å². The third-order valence-electron chi connectivity index (χ3n) is 4.41. The Labute approximate surface area is 142 Å². The number of carbonyl (C=O) groups excluding carboxylic acids is 1. The number of methoxy groups -OCH3 is 1. The summed E-state index contributed by atoms with van der Waals surface area (Å²) in [6.07, 6.45) is 4.04. The van der Waals surface area contributed by atoms with Gasteiger partial charge < -0.3 is 10.1 Å². The Kier molecular flexibility index (Phi) is 5.43. The molecule has 0 bridgehead atoms. The number of amides is 1. The maximum Gasteiger partial charge on any atom is 0.269 e. The van der Waals surface area contributed by atoms with Crippen molar-refractivity contribution in [1.29, 1.82) is 0 Å². The first kappa shape index (κ1) is 16.5. The zero-order chi connectivity index (χ0) is 16.8. The molecule has 1 aliphatic rings. The van der Waals surface area contributed by atoms with Gasteiger partial charge in [0, 0.05) is 12.7 Å². The van der Waals surface area contributed by atoms with E-state index in [-0.39, 0.29) is 11.9 Å². The maximum atomic E-state index is 12.3. The first-order valence-electron chi connectivity index (χ1n) is 8.35. The minimum Gasteiger partial charge on any atom is -0.497 e. The van der Waals surface area contributed by atoms with Gasteiger partial charge in [0.25, 0.3) is 5.91 Å². The van der Waals surface area contributed by atoms with Crippen LogP contribution in [0, 0.1) is 0 Å². The molecular formula is C19H23N3O2. The molecule has 126 valence electrons. The van der Waals surface area contributed by atoms with Gasteiger partial charge in [-0.05, 0) is 55.8 Å². The molecule has 2 heterocycles. The van der Waals surface area contributed by atoms with Gasteiger partial charge in [-0.2, -0.15) is 0 Å². The summed E-state index contributed by atoms with van der Waals surface area (Å²) in [6.45, 7) is 2.67. The predicted octanol–water partition coefficient (Wildman–Crippen LogP) is 2.66. The first-order chi connectivity index (χ1) is 11.8. The van der Waals surface area contributed by atoms with Crippen LogP contribution in [0.15, 0.2) is 48.7 Å². The van der Waals surface area contributed by atoms with Gasteiger partial charge in [0.05, 0.1) is 13.2 Å². The molecule has 1 amide bonds. The molecule has 0 radical (unpaired) electrons. The second kappa shape index (κ2) is 7.93. The number of hydrogen-bond acceptors (Lipinski definition) is 4. The highest BCUT2D eigenvalue weighted by atomic mass is 16.5. The van der Waals surface area contributed by atoms with Crippen LogP contribution in [0.25, 0.3) is 0 Å². The quantitative estimate of drug-likeness (QED) is 0.887. The van der Waals surface area contributed by atoms with Crippen molar-refractivity contribution in [3.05, 3.63) is 59.9 Å². The molecule has 0 unspecified atom stereocenters. The van der Waals surface area contributed by atoms with Crippen LogP contribution in [0.5, 0.6) is 5.75 Å². The maximum absolute atomic E-state index is 12.3. The minimum absolute atomic E-state index is 0.136. The highest BCUT2D eigenvalue weighted by molar-refractivity contribution is 5.92. The molecule has 1 N–H and O–H groups in total. The van der Waals surface area contributed by atoms with E-state index < -0.39 is 0 Å². The molecule has 5 heteroatoms. The summed E-state index contributed by atoms with van der Waals surface area (Å²) in [5.74, 6) is 0.704. The minimum atomic E-state index is -0.136. The van der Waals surface area contributed by atoms with Gasteiger partial charge in [-0.25, -0.2) is 0 Å². The standard InChI is InChI=1S/C19H23N3O2/c1-24-16-8-6-7-15(13-16)18(22-11-4-5-12-22)14-21-19(23)17-9-2-3-10-20-17/h2-3,6-10,13,18H,4-5,11-12,14H2,1H3,(H,21,23)/t18-/m0/s1. The van der Waals surface area contributed by atoms with Crippen LogP contribution < -0.4 is 10.1 Å². The summed E-state index contributed by atoms with van der Waals surface area (Å²) in [5, 5.41) is 3.03. The lowest BCUT2D eigenvalue weighted by molar-refractivity contribution is 0.0933. The highest BCUT2D eigenvalue weighted by Gasteiger charge is 2.24. The molecular weight excluding hydrogens is 302 g/mol. The van der Waals surface area contributed by atoms with Gasteiger partial charge in [0.15, 0.2) is 0 Å². The van der Waals surface area contributed by atoms with Crippen molar-refractivity contribution >= 4 is 5.91 Å². The Morgan fingerprint density at radius 3 is 2.79 bits per heavy atom. The van der Waals surface area contributed by atoms with E-state index in [9.17, 15) is 4.79 Å². The summed E-state index contributed by atoms with van der Waals surface area (Å²) >= 11 is 0. The van der Waals surface area contributed by atoms with Crippen molar-refractivity contribution in [1.82, 2.24) is 15.2 Å². The molecule has 0 aliphatic carbocycles. The molecule has 2 aromatic rings. The lowest BCUT2D eigenvalue weighted by Gasteiger charge is -2.28. The molecule has 1 fully saturated rings. The predicted molar refractivity (Wildman–Crippen MR) is 93.1 cm³/mol. The van der Waals surface area contributed by atoms with Crippen molar-refractivity contribution in [2.75, 3.05) is 26.7 Å². The number of benzene rings is 1. The molecule has 1 atom stereocenters. The summed E-state index contributed by atoms with van der Waals surface area (Å²) in [6, 6.07) is 13.6. The van der Waals surface area contributed by atoms with Crippen molar-refractivity contribution in [2.24, 2.45) is 0 Å². The second-order valence-electron chi connectivity index (χ2n) is 5.96. The SMILES string of the molecule is COc1cccc([C@H](CNC(=O)c2ccccn2)N2CCCC2)c1. The van der Waals surface area contributed by atoms with E-state index in [1.54, 1.807) is 25.4 Å². The third-order valence-corrected chi connectivity index (χ3v) is 4.41. The fourth-order valence-electron chi connectivity index (χ4n) is 3.14. The summed E-state index contributed by atoms with van der Waals surface area (Å²) in [5.41, 5.74) is 1.61. The van der Waals surface area contributed by atoms with E-state index in [4.69, 9.17) is 4.74 Å².